The van der Waals surface area contributed by atoms with E-state index in [1.165, 1.54) is 6.08 Å². The number of fused-ring (bicyclic) bond motifs is 1. The third-order valence-electron chi connectivity index (χ3n) is 10.2. The van der Waals surface area contributed by atoms with Crippen LogP contribution in [0, 0.1) is 12.3 Å². The predicted molar refractivity (Wildman–Crippen MR) is 162 cm³/mol. The molecule has 0 unspecified atom stereocenters. The highest BCUT2D eigenvalue weighted by atomic mass is 35.5. The summed E-state index contributed by atoms with van der Waals surface area (Å²) in [6.45, 7) is 16.4. The lowest BCUT2D eigenvalue weighted by Crippen LogP contribution is -2.65. The molecule has 9 nitrogen and oxygen atoms in total. The van der Waals surface area contributed by atoms with Crippen LogP contribution in [-0.4, -0.2) is 93.2 Å². The van der Waals surface area contributed by atoms with Crippen LogP contribution in [0.25, 0.3) is 22.0 Å². The van der Waals surface area contributed by atoms with Gasteiger partial charge in [-0.15, -0.1) is 0 Å². The van der Waals surface area contributed by atoms with E-state index in [9.17, 15) is 4.79 Å². The molecule has 218 valence electrons. The molecule has 3 aromatic rings. The molecule has 11 heteroatoms. The van der Waals surface area contributed by atoms with Crippen molar-refractivity contribution in [1.29, 1.82) is 0 Å². The lowest BCUT2D eigenvalue weighted by molar-refractivity contribution is -0.149. The topological polar surface area (TPSA) is 82.5 Å². The number of halogens is 2. The van der Waals surface area contributed by atoms with E-state index in [-0.39, 0.29) is 22.9 Å². The molecule has 1 saturated carbocycles. The van der Waals surface area contributed by atoms with Crippen LogP contribution in [0.2, 0.25) is 10.0 Å². The van der Waals surface area contributed by atoms with E-state index in [0.717, 1.165) is 98.7 Å². The molecule has 41 heavy (non-hydrogen) atoms. The number of aromatic nitrogens is 4. The highest BCUT2D eigenvalue weighted by Crippen LogP contribution is 2.56. The third-order valence-corrected chi connectivity index (χ3v) is 11.0. The SMILES string of the molecule is C=CC(=O)N1CC2(CC(n3nc(N4CCN(C5COC5)C[C@]4(C)CC)c(-c4c(Cl)c(Cl)cc5[nH]ncc45)c3C)C2)C1. The number of ether oxygens (including phenoxy) is 1. The Kier molecular flexibility index (Phi) is 6.47. The number of piperazine rings is 1. The van der Waals surface area contributed by atoms with Gasteiger partial charge in [0.15, 0.2) is 5.82 Å². The minimum absolute atomic E-state index is 0.0186. The first-order chi connectivity index (χ1) is 19.7. The lowest BCUT2D eigenvalue weighted by Gasteiger charge is -2.58. The van der Waals surface area contributed by atoms with Crippen molar-refractivity contribution in [3.05, 3.63) is 40.7 Å². The van der Waals surface area contributed by atoms with Crippen LogP contribution in [-0.2, 0) is 9.53 Å². The van der Waals surface area contributed by atoms with Crippen LogP contribution in [0.1, 0.15) is 44.8 Å². The molecule has 1 N–H and O–H groups in total. The van der Waals surface area contributed by atoms with Gasteiger partial charge in [-0.25, -0.2) is 0 Å². The van der Waals surface area contributed by atoms with Crippen molar-refractivity contribution in [1.82, 2.24) is 29.8 Å². The first kappa shape index (κ1) is 27.3. The minimum atomic E-state index is -0.116. The lowest BCUT2D eigenvalue weighted by atomic mass is 9.60. The smallest absolute Gasteiger partial charge is 0.245 e. The van der Waals surface area contributed by atoms with Gasteiger partial charge in [-0.2, -0.15) is 10.2 Å². The summed E-state index contributed by atoms with van der Waals surface area (Å²) >= 11 is 13.7. The van der Waals surface area contributed by atoms with Gasteiger partial charge in [0.1, 0.15) is 0 Å². The maximum atomic E-state index is 12.1. The molecule has 0 radical (unpaired) electrons. The molecule has 1 atom stereocenters. The summed E-state index contributed by atoms with van der Waals surface area (Å²) in [5.41, 5.74) is 3.91. The maximum absolute atomic E-state index is 12.1. The zero-order valence-electron chi connectivity index (χ0n) is 23.9. The van der Waals surface area contributed by atoms with Crippen LogP contribution >= 0.6 is 23.2 Å². The molecular formula is C30H37Cl2N7O2. The Labute approximate surface area is 250 Å². The molecule has 4 fully saturated rings. The zero-order valence-corrected chi connectivity index (χ0v) is 25.4. The first-order valence-corrected chi connectivity index (χ1v) is 15.3. The number of likely N-dealkylation sites (tertiary alicyclic amines) is 1. The van der Waals surface area contributed by atoms with E-state index in [2.05, 4.69) is 52.0 Å². The monoisotopic (exact) mass is 597 g/mol. The fraction of sp³-hybridized carbons (Fsp3) is 0.567. The number of H-pyrrole nitrogens is 1. The summed E-state index contributed by atoms with van der Waals surface area (Å²) in [4.78, 5) is 19.0. The largest absolute Gasteiger partial charge is 0.378 e. The van der Waals surface area contributed by atoms with Gasteiger partial charge in [-0.05, 0) is 45.3 Å². The van der Waals surface area contributed by atoms with Gasteiger partial charge in [-0.3, -0.25) is 19.5 Å². The molecule has 3 aliphatic heterocycles. The summed E-state index contributed by atoms with van der Waals surface area (Å²) in [6.07, 6.45) is 6.22. The summed E-state index contributed by atoms with van der Waals surface area (Å²) in [7, 11) is 0. The second kappa shape index (κ2) is 9.73. The quantitative estimate of drug-likeness (QED) is 0.399. The van der Waals surface area contributed by atoms with Crippen molar-refractivity contribution in [3.8, 4) is 11.1 Å². The Morgan fingerprint density at radius 2 is 1.95 bits per heavy atom. The average Bonchev–Trinajstić information content (AvgIpc) is 3.46. The van der Waals surface area contributed by atoms with E-state index < -0.39 is 0 Å². The van der Waals surface area contributed by atoms with Gasteiger partial charge < -0.3 is 14.5 Å². The number of rotatable bonds is 6. The minimum Gasteiger partial charge on any atom is -0.378 e. The maximum Gasteiger partial charge on any atom is 0.245 e. The number of aromatic amines is 1. The summed E-state index contributed by atoms with van der Waals surface area (Å²) in [5, 5.41) is 14.8. The van der Waals surface area contributed by atoms with Crippen LogP contribution < -0.4 is 4.90 Å². The fourth-order valence-electron chi connectivity index (χ4n) is 7.55. The Bertz CT molecular complexity index is 1530. The molecule has 4 aliphatic rings. The Hall–Kier alpha value is -2.59. The number of nitrogens with zero attached hydrogens (tertiary/aromatic N) is 6. The number of carbonyl (C=O) groups is 1. The first-order valence-electron chi connectivity index (χ1n) is 14.6. The highest BCUT2D eigenvalue weighted by molar-refractivity contribution is 6.45. The fourth-order valence-corrected chi connectivity index (χ4v) is 8.00. The standard InChI is InChI=1S/C30H37Cl2N7O2/c1-5-24(40)37-16-30(17-37)10-19(11-30)39-18(3)25(26-21-12-33-34-23(21)9-22(31)27(26)32)28(35-39)38-8-7-36(20-13-41-14-20)15-29(38,4)6-2/h5,9,12,19-20H,1,6-8,10-11,13-17H2,2-4H3,(H,33,34)/t29-/m0/s1. The van der Waals surface area contributed by atoms with E-state index in [1.807, 2.05) is 17.2 Å². The summed E-state index contributed by atoms with van der Waals surface area (Å²) in [5.74, 6) is 0.978. The van der Waals surface area contributed by atoms with Crippen LogP contribution in [0.4, 0.5) is 5.82 Å². The molecule has 7 rings (SSSR count). The number of carbonyl (C=O) groups excluding carboxylic acids is 1. The molecule has 3 saturated heterocycles. The van der Waals surface area contributed by atoms with Crippen molar-refractivity contribution < 1.29 is 9.53 Å². The number of hydrogen-bond acceptors (Lipinski definition) is 6. The van der Waals surface area contributed by atoms with Crippen molar-refractivity contribution in [2.75, 3.05) is 50.8 Å². The summed E-state index contributed by atoms with van der Waals surface area (Å²) < 4.78 is 7.74. The second-order valence-corrected chi connectivity index (χ2v) is 13.5. The Balaban J connectivity index is 1.30. The normalized spacial score (nSPS) is 24.9. The molecule has 1 aromatic carbocycles. The molecule has 5 heterocycles. The van der Waals surface area contributed by atoms with E-state index in [0.29, 0.717) is 16.1 Å². The van der Waals surface area contributed by atoms with Gasteiger partial charge in [0.25, 0.3) is 0 Å². The van der Waals surface area contributed by atoms with Crippen molar-refractivity contribution in [3.63, 3.8) is 0 Å². The van der Waals surface area contributed by atoms with Crippen LogP contribution in [0.3, 0.4) is 0 Å². The number of hydrogen-bond donors (Lipinski definition) is 1. The number of nitrogens with one attached hydrogen (secondary N) is 1. The van der Waals surface area contributed by atoms with Gasteiger partial charge in [0, 0.05) is 60.3 Å². The molecular weight excluding hydrogens is 561 g/mol. The number of anilines is 1. The van der Waals surface area contributed by atoms with Crippen LogP contribution in [0.5, 0.6) is 0 Å². The zero-order chi connectivity index (χ0) is 28.7. The van der Waals surface area contributed by atoms with E-state index >= 15 is 0 Å². The average molecular weight is 599 g/mol. The van der Waals surface area contributed by atoms with Gasteiger partial charge in [-0.1, -0.05) is 36.7 Å². The van der Waals surface area contributed by atoms with Crippen molar-refractivity contribution in [2.45, 2.75) is 57.7 Å². The predicted octanol–water partition coefficient (Wildman–Crippen LogP) is 5.08. The molecule has 1 amide bonds. The number of amides is 1. The molecule has 2 aromatic heterocycles. The Morgan fingerprint density at radius 1 is 1.20 bits per heavy atom. The summed E-state index contributed by atoms with van der Waals surface area (Å²) in [6, 6.07) is 2.60. The second-order valence-electron chi connectivity index (χ2n) is 12.7. The highest BCUT2D eigenvalue weighted by Gasteiger charge is 2.55. The molecule has 0 bridgehead atoms. The van der Waals surface area contributed by atoms with E-state index in [4.69, 9.17) is 33.0 Å². The van der Waals surface area contributed by atoms with Gasteiger partial charge in [0.2, 0.25) is 5.91 Å². The van der Waals surface area contributed by atoms with Crippen LogP contribution in [0.15, 0.2) is 24.9 Å². The van der Waals surface area contributed by atoms with Gasteiger partial charge >= 0.3 is 0 Å². The molecule has 1 aliphatic carbocycles. The van der Waals surface area contributed by atoms with Crippen molar-refractivity contribution in [2.24, 2.45) is 5.41 Å². The van der Waals surface area contributed by atoms with Gasteiger partial charge in [0.05, 0.1) is 52.6 Å². The number of benzene rings is 1. The van der Waals surface area contributed by atoms with Crippen molar-refractivity contribution >= 4 is 45.8 Å². The Morgan fingerprint density at radius 3 is 2.61 bits per heavy atom. The molecule has 1 spiro atoms. The third kappa shape index (κ3) is 4.14. The van der Waals surface area contributed by atoms with E-state index in [1.54, 1.807) is 0 Å².